The van der Waals surface area contributed by atoms with Gasteiger partial charge < -0.3 is 9.64 Å². The molecule has 6 heteroatoms. The second kappa shape index (κ2) is 6.93. The van der Waals surface area contributed by atoms with Crippen LogP contribution in [0.1, 0.15) is 19.8 Å². The van der Waals surface area contributed by atoms with E-state index in [1.54, 1.807) is 18.9 Å². The lowest BCUT2D eigenvalue weighted by molar-refractivity contribution is -0.122. The highest BCUT2D eigenvalue weighted by Crippen LogP contribution is 2.28. The first-order chi connectivity index (χ1) is 10.1. The first kappa shape index (κ1) is 15.8. The van der Waals surface area contributed by atoms with Crippen LogP contribution in [0.4, 0.5) is 10.5 Å². The molecule has 0 radical (unpaired) electrons. The molecule has 2 amide bonds. The van der Waals surface area contributed by atoms with Crippen LogP contribution in [-0.4, -0.2) is 43.1 Å². The largest absolute Gasteiger partial charge is 0.450 e. The smallest absolute Gasteiger partial charge is 0.410 e. The number of likely N-dealkylation sites (N-methyl/N-ethyl adjacent to an activating group) is 1. The Morgan fingerprint density at radius 2 is 2.14 bits per heavy atom. The minimum absolute atomic E-state index is 0.0903. The van der Waals surface area contributed by atoms with E-state index in [9.17, 15) is 9.59 Å². The van der Waals surface area contributed by atoms with Gasteiger partial charge in [-0.2, -0.15) is 0 Å². The van der Waals surface area contributed by atoms with E-state index >= 15 is 0 Å². The van der Waals surface area contributed by atoms with Gasteiger partial charge in [-0.25, -0.2) is 4.79 Å². The summed E-state index contributed by atoms with van der Waals surface area (Å²) in [5, 5.41) is 0. The molecule has 1 aliphatic rings. The molecule has 0 aromatic heterocycles. The second-order valence-corrected chi connectivity index (χ2v) is 5.75. The van der Waals surface area contributed by atoms with Crippen molar-refractivity contribution in [3.05, 3.63) is 28.7 Å². The van der Waals surface area contributed by atoms with Crippen LogP contribution in [0.25, 0.3) is 0 Å². The molecular formula is C15H19BrN2O3. The number of nitrogens with zero attached hydrogens (tertiary/aromatic N) is 2. The topological polar surface area (TPSA) is 49.9 Å². The van der Waals surface area contributed by atoms with Crippen LogP contribution in [0.5, 0.6) is 0 Å². The number of ether oxygens (including phenoxy) is 1. The molecule has 1 saturated heterocycles. The van der Waals surface area contributed by atoms with Gasteiger partial charge in [-0.05, 0) is 47.8 Å². The summed E-state index contributed by atoms with van der Waals surface area (Å²) < 4.78 is 5.87. The maximum absolute atomic E-state index is 12.7. The summed E-state index contributed by atoms with van der Waals surface area (Å²) in [6.45, 7) is 2.65. The molecule has 0 N–H and O–H groups in total. The molecule has 5 nitrogen and oxygen atoms in total. The van der Waals surface area contributed by atoms with Crippen LogP contribution in [0.15, 0.2) is 28.7 Å². The van der Waals surface area contributed by atoms with Gasteiger partial charge in [0, 0.05) is 18.1 Å². The monoisotopic (exact) mass is 354 g/mol. The number of halogens is 1. The summed E-state index contributed by atoms with van der Waals surface area (Å²) >= 11 is 3.44. The quantitative estimate of drug-likeness (QED) is 0.838. The zero-order valence-corrected chi connectivity index (χ0v) is 13.8. The maximum atomic E-state index is 12.7. The van der Waals surface area contributed by atoms with Crippen molar-refractivity contribution < 1.29 is 14.3 Å². The van der Waals surface area contributed by atoms with Gasteiger partial charge in [0.15, 0.2) is 0 Å². The van der Waals surface area contributed by atoms with Crippen molar-refractivity contribution in [2.75, 3.05) is 25.1 Å². The normalized spacial score (nSPS) is 17.7. The number of likely N-dealkylation sites (tertiary alicyclic amines) is 1. The van der Waals surface area contributed by atoms with Crippen LogP contribution in [0.3, 0.4) is 0 Å². The molecule has 114 valence electrons. The van der Waals surface area contributed by atoms with Crippen molar-refractivity contribution in [3.63, 3.8) is 0 Å². The number of hydrogen-bond acceptors (Lipinski definition) is 3. The van der Waals surface area contributed by atoms with Crippen LogP contribution in [0, 0.1) is 0 Å². The van der Waals surface area contributed by atoms with E-state index in [-0.39, 0.29) is 5.91 Å². The molecule has 1 aromatic rings. The number of carbonyl (C=O) groups is 2. The highest BCUT2D eigenvalue weighted by Gasteiger charge is 2.37. The number of anilines is 1. The Labute approximate surface area is 133 Å². The fourth-order valence-corrected chi connectivity index (χ4v) is 3.07. The number of para-hydroxylation sites is 1. The Morgan fingerprint density at radius 3 is 2.81 bits per heavy atom. The van der Waals surface area contributed by atoms with Crippen molar-refractivity contribution in [3.8, 4) is 0 Å². The lowest BCUT2D eigenvalue weighted by Gasteiger charge is -2.27. The minimum atomic E-state index is -0.443. The number of rotatable bonds is 3. The Morgan fingerprint density at radius 1 is 1.43 bits per heavy atom. The van der Waals surface area contributed by atoms with Gasteiger partial charge in [-0.3, -0.25) is 9.69 Å². The third-order valence-corrected chi connectivity index (χ3v) is 4.26. The summed E-state index contributed by atoms with van der Waals surface area (Å²) in [6.07, 6.45) is 1.08. The van der Waals surface area contributed by atoms with Gasteiger partial charge in [0.05, 0.1) is 12.3 Å². The lowest BCUT2D eigenvalue weighted by Crippen LogP contribution is -2.47. The van der Waals surface area contributed by atoms with E-state index in [0.717, 1.165) is 16.6 Å². The molecule has 21 heavy (non-hydrogen) atoms. The van der Waals surface area contributed by atoms with Crippen molar-refractivity contribution in [1.29, 1.82) is 0 Å². The number of carbonyl (C=O) groups excluding carboxylic acids is 2. The first-order valence-electron chi connectivity index (χ1n) is 7.01. The van der Waals surface area contributed by atoms with Crippen molar-refractivity contribution in [2.45, 2.75) is 25.8 Å². The van der Waals surface area contributed by atoms with Gasteiger partial charge >= 0.3 is 6.09 Å². The zero-order valence-electron chi connectivity index (χ0n) is 12.2. The van der Waals surface area contributed by atoms with Crippen molar-refractivity contribution in [1.82, 2.24) is 4.90 Å². The van der Waals surface area contributed by atoms with Crippen molar-refractivity contribution >= 4 is 33.6 Å². The van der Waals surface area contributed by atoms with E-state index in [0.29, 0.717) is 19.6 Å². The average Bonchev–Trinajstić information content (AvgIpc) is 2.96. The second-order valence-electron chi connectivity index (χ2n) is 4.90. The predicted octanol–water partition coefficient (Wildman–Crippen LogP) is 3.03. The Kier molecular flexibility index (Phi) is 5.22. The molecule has 0 saturated carbocycles. The third-order valence-electron chi connectivity index (χ3n) is 3.58. The molecule has 1 unspecified atom stereocenters. The zero-order chi connectivity index (χ0) is 15.4. The number of hydrogen-bond donors (Lipinski definition) is 0. The van der Waals surface area contributed by atoms with Crippen LogP contribution < -0.4 is 4.90 Å². The van der Waals surface area contributed by atoms with E-state index in [2.05, 4.69) is 15.9 Å². The Balaban J connectivity index is 2.15. The fraction of sp³-hybridized carbons (Fsp3) is 0.467. The SMILES string of the molecule is CCOC(=O)N1CCCC1C(=O)N(C)c1ccccc1Br. The van der Waals surface area contributed by atoms with Gasteiger partial charge in [-0.1, -0.05) is 12.1 Å². The van der Waals surface area contributed by atoms with E-state index in [1.165, 1.54) is 4.90 Å². The fourth-order valence-electron chi connectivity index (χ4n) is 2.51. The van der Waals surface area contributed by atoms with Crippen LogP contribution in [-0.2, 0) is 9.53 Å². The Hall–Kier alpha value is -1.56. The van der Waals surface area contributed by atoms with Gasteiger partial charge in [0.25, 0.3) is 0 Å². The molecule has 1 fully saturated rings. The van der Waals surface area contributed by atoms with Crippen molar-refractivity contribution in [2.24, 2.45) is 0 Å². The molecular weight excluding hydrogens is 336 g/mol. The average molecular weight is 355 g/mol. The van der Waals surface area contributed by atoms with E-state index in [4.69, 9.17) is 4.74 Å². The molecule has 0 bridgehead atoms. The standard InChI is InChI=1S/C15H19BrN2O3/c1-3-21-15(20)18-10-6-9-13(18)14(19)17(2)12-8-5-4-7-11(12)16/h4-5,7-8,13H,3,6,9-10H2,1-2H3. The van der Waals surface area contributed by atoms with Gasteiger partial charge in [-0.15, -0.1) is 0 Å². The molecule has 1 aliphatic heterocycles. The molecule has 2 rings (SSSR count). The molecule has 1 atom stereocenters. The van der Waals surface area contributed by atoms with Gasteiger partial charge in [0.1, 0.15) is 6.04 Å². The lowest BCUT2D eigenvalue weighted by atomic mass is 10.2. The maximum Gasteiger partial charge on any atom is 0.410 e. The summed E-state index contributed by atoms with van der Waals surface area (Å²) in [6, 6.07) is 7.08. The highest BCUT2D eigenvalue weighted by atomic mass is 79.9. The predicted molar refractivity (Wildman–Crippen MR) is 84.3 cm³/mol. The molecule has 1 heterocycles. The Bertz CT molecular complexity index is 535. The summed E-state index contributed by atoms with van der Waals surface area (Å²) in [5.41, 5.74) is 0.790. The van der Waals surface area contributed by atoms with E-state index < -0.39 is 12.1 Å². The number of benzene rings is 1. The molecule has 0 spiro atoms. The van der Waals surface area contributed by atoms with E-state index in [1.807, 2.05) is 24.3 Å². The minimum Gasteiger partial charge on any atom is -0.450 e. The molecule has 0 aliphatic carbocycles. The first-order valence-corrected chi connectivity index (χ1v) is 7.81. The highest BCUT2D eigenvalue weighted by molar-refractivity contribution is 9.10. The van der Waals surface area contributed by atoms with Gasteiger partial charge in [0.2, 0.25) is 5.91 Å². The summed E-state index contributed by atoms with van der Waals surface area (Å²) in [4.78, 5) is 27.7. The van der Waals surface area contributed by atoms with Crippen LogP contribution in [0.2, 0.25) is 0 Å². The third kappa shape index (κ3) is 3.37. The molecule has 1 aromatic carbocycles. The number of amides is 2. The summed E-state index contributed by atoms with van der Waals surface area (Å²) in [7, 11) is 1.73. The summed E-state index contributed by atoms with van der Waals surface area (Å²) in [5.74, 6) is -0.0903. The van der Waals surface area contributed by atoms with Crippen LogP contribution >= 0.6 is 15.9 Å².